The number of anilines is 1. The Hall–Kier alpha value is -2.93. The lowest BCUT2D eigenvalue weighted by Gasteiger charge is -2.30. The average molecular weight is 387 g/mol. The number of carbonyl (C=O) groups is 1. The number of nitrogens with zero attached hydrogens (tertiary/aromatic N) is 3. The maximum absolute atomic E-state index is 12.3. The Kier molecular flexibility index (Phi) is 5.71. The van der Waals surface area contributed by atoms with Gasteiger partial charge in [-0.3, -0.25) is 14.9 Å². The summed E-state index contributed by atoms with van der Waals surface area (Å²) < 4.78 is 0. The first-order valence-electron chi connectivity index (χ1n) is 8.56. The number of para-hydroxylation sites is 1. The smallest absolute Gasteiger partial charge is 0.288 e. The predicted molar refractivity (Wildman–Crippen MR) is 105 cm³/mol. The quantitative estimate of drug-likeness (QED) is 0.483. The van der Waals surface area contributed by atoms with E-state index in [1.165, 1.54) is 17.7 Å². The number of hydrogen-bond acceptors (Lipinski definition) is 5. The van der Waals surface area contributed by atoms with Crippen LogP contribution in [0.3, 0.4) is 0 Å². The molecule has 27 heavy (non-hydrogen) atoms. The van der Waals surface area contributed by atoms with Gasteiger partial charge in [-0.15, -0.1) is 0 Å². The lowest BCUT2D eigenvalue weighted by atomic mass is 10.0. The molecule has 0 aromatic heterocycles. The zero-order valence-electron chi connectivity index (χ0n) is 14.8. The zero-order chi connectivity index (χ0) is 19.4. The van der Waals surface area contributed by atoms with Crippen LogP contribution in [-0.4, -0.2) is 29.6 Å². The van der Waals surface area contributed by atoms with E-state index in [2.05, 4.69) is 16.6 Å². The number of nitro benzene ring substituents is 1. The Morgan fingerprint density at radius 2 is 2.11 bits per heavy atom. The minimum Gasteiger partial charge on any atom is -0.362 e. The van der Waals surface area contributed by atoms with Crippen LogP contribution in [0.2, 0.25) is 5.02 Å². The van der Waals surface area contributed by atoms with Gasteiger partial charge in [-0.25, -0.2) is 5.43 Å². The van der Waals surface area contributed by atoms with Gasteiger partial charge in [-0.1, -0.05) is 35.9 Å². The summed E-state index contributed by atoms with van der Waals surface area (Å²) in [6, 6.07) is 12.5. The topological polar surface area (TPSA) is 87.8 Å². The van der Waals surface area contributed by atoms with Crippen molar-refractivity contribution >= 4 is 34.6 Å². The van der Waals surface area contributed by atoms with Gasteiger partial charge < -0.3 is 4.90 Å². The van der Waals surface area contributed by atoms with Crippen molar-refractivity contribution in [2.75, 3.05) is 18.0 Å². The Morgan fingerprint density at radius 1 is 1.33 bits per heavy atom. The van der Waals surface area contributed by atoms with Crippen LogP contribution in [0.5, 0.6) is 0 Å². The number of fused-ring (bicyclic) bond motifs is 1. The van der Waals surface area contributed by atoms with Crippen molar-refractivity contribution < 1.29 is 9.72 Å². The molecular formula is C19H19ClN4O3. The maximum atomic E-state index is 12.3. The Labute approximate surface area is 161 Å². The maximum Gasteiger partial charge on any atom is 0.288 e. The third-order valence-corrected chi connectivity index (χ3v) is 4.77. The monoisotopic (exact) mass is 386 g/mol. The number of hydrazone groups is 1. The van der Waals surface area contributed by atoms with Crippen molar-refractivity contribution in [3.05, 3.63) is 68.7 Å². The number of aryl methyl sites for hydroxylation is 1. The van der Waals surface area contributed by atoms with Gasteiger partial charge in [0.1, 0.15) is 5.02 Å². The highest BCUT2D eigenvalue weighted by molar-refractivity contribution is 6.32. The molecule has 2 aromatic rings. The van der Waals surface area contributed by atoms with E-state index < -0.39 is 4.92 Å². The lowest BCUT2D eigenvalue weighted by molar-refractivity contribution is -0.384. The summed E-state index contributed by atoms with van der Waals surface area (Å²) in [4.78, 5) is 24.8. The van der Waals surface area contributed by atoms with E-state index >= 15 is 0 Å². The first-order chi connectivity index (χ1) is 13.0. The molecule has 7 nitrogen and oxygen atoms in total. The fourth-order valence-corrected chi connectivity index (χ4v) is 3.26. The Balaban J connectivity index is 1.67. The van der Waals surface area contributed by atoms with Gasteiger partial charge in [-0.05, 0) is 37.5 Å². The molecule has 1 aliphatic rings. The van der Waals surface area contributed by atoms with Crippen LogP contribution in [0, 0.1) is 10.1 Å². The van der Waals surface area contributed by atoms with Gasteiger partial charge in [0.05, 0.1) is 17.2 Å². The number of hydrogen-bond donors (Lipinski definition) is 1. The number of benzene rings is 2. The van der Waals surface area contributed by atoms with E-state index in [1.807, 2.05) is 23.1 Å². The summed E-state index contributed by atoms with van der Waals surface area (Å²) in [5.41, 5.74) is 5.63. The van der Waals surface area contributed by atoms with Crippen molar-refractivity contribution in [3.8, 4) is 0 Å². The van der Waals surface area contributed by atoms with Gasteiger partial charge in [-0.2, -0.15) is 5.10 Å². The highest BCUT2D eigenvalue weighted by atomic mass is 35.5. The largest absolute Gasteiger partial charge is 0.362 e. The normalized spacial score (nSPS) is 13.9. The summed E-state index contributed by atoms with van der Waals surface area (Å²) in [7, 11) is 0. The molecule has 0 aliphatic carbocycles. The van der Waals surface area contributed by atoms with Crippen LogP contribution in [-0.2, 0) is 11.2 Å². The summed E-state index contributed by atoms with van der Waals surface area (Å²) >= 11 is 5.82. The molecule has 0 bridgehead atoms. The van der Waals surface area contributed by atoms with E-state index in [1.54, 1.807) is 13.0 Å². The van der Waals surface area contributed by atoms with Gasteiger partial charge in [0.2, 0.25) is 0 Å². The van der Waals surface area contributed by atoms with Crippen molar-refractivity contribution in [3.63, 3.8) is 0 Å². The first-order valence-corrected chi connectivity index (χ1v) is 8.94. The number of nitro groups is 1. The number of halogens is 1. The second-order valence-electron chi connectivity index (χ2n) is 6.31. The van der Waals surface area contributed by atoms with Crippen LogP contribution in [0.4, 0.5) is 11.4 Å². The van der Waals surface area contributed by atoms with Crippen LogP contribution in [0.1, 0.15) is 24.5 Å². The fourth-order valence-electron chi connectivity index (χ4n) is 3.07. The number of rotatable bonds is 5. The summed E-state index contributed by atoms with van der Waals surface area (Å²) in [5, 5.41) is 15.1. The van der Waals surface area contributed by atoms with E-state index in [4.69, 9.17) is 11.6 Å². The van der Waals surface area contributed by atoms with Gasteiger partial charge in [0.25, 0.3) is 11.6 Å². The van der Waals surface area contributed by atoms with E-state index in [0.717, 1.165) is 25.1 Å². The molecule has 0 spiro atoms. The van der Waals surface area contributed by atoms with E-state index in [9.17, 15) is 14.9 Å². The number of carbonyl (C=O) groups excluding carboxylic acids is 1. The molecule has 1 aliphatic heterocycles. The lowest BCUT2D eigenvalue weighted by Crippen LogP contribution is -2.38. The molecule has 8 heteroatoms. The molecule has 3 rings (SSSR count). The molecule has 1 amide bonds. The van der Waals surface area contributed by atoms with Crippen LogP contribution in [0.15, 0.2) is 47.6 Å². The summed E-state index contributed by atoms with van der Waals surface area (Å²) in [6.45, 7) is 2.69. The third-order valence-electron chi connectivity index (χ3n) is 4.45. The highest BCUT2D eigenvalue weighted by Crippen LogP contribution is 2.26. The molecule has 0 saturated carbocycles. The minimum atomic E-state index is -0.550. The van der Waals surface area contributed by atoms with Crippen molar-refractivity contribution in [1.82, 2.24) is 5.43 Å². The Morgan fingerprint density at radius 3 is 2.89 bits per heavy atom. The number of amides is 1. The van der Waals surface area contributed by atoms with Gasteiger partial charge >= 0.3 is 0 Å². The standard InChI is InChI=1S/C19H19ClN4O3/c1-13(15-8-9-16(20)18(11-15)24(26)27)21-22-19(25)12-23-10-4-6-14-5-2-3-7-17(14)23/h2-3,5,7-9,11H,4,6,10,12H2,1H3,(H,22,25)/b21-13-. The van der Waals surface area contributed by atoms with Crippen molar-refractivity contribution in [2.45, 2.75) is 19.8 Å². The molecule has 0 fully saturated rings. The summed E-state index contributed by atoms with van der Waals surface area (Å²) in [6.07, 6.45) is 2.02. The highest BCUT2D eigenvalue weighted by Gasteiger charge is 2.18. The molecule has 0 unspecified atom stereocenters. The molecule has 1 heterocycles. The minimum absolute atomic E-state index is 0.0596. The third kappa shape index (κ3) is 4.43. The molecule has 0 atom stereocenters. The fraction of sp³-hybridized carbons (Fsp3) is 0.263. The van der Waals surface area contributed by atoms with Gasteiger partial charge in [0.15, 0.2) is 0 Å². The Bertz CT molecular complexity index is 914. The molecule has 1 N–H and O–H groups in total. The average Bonchev–Trinajstić information content (AvgIpc) is 2.66. The molecule has 0 saturated heterocycles. The second-order valence-corrected chi connectivity index (χ2v) is 6.72. The van der Waals surface area contributed by atoms with Crippen LogP contribution in [0.25, 0.3) is 0 Å². The second kappa shape index (κ2) is 8.18. The van der Waals surface area contributed by atoms with Crippen LogP contribution >= 0.6 is 11.6 Å². The first kappa shape index (κ1) is 18.8. The SMILES string of the molecule is C/C(=N/NC(=O)CN1CCCc2ccccc21)c1ccc(Cl)c([N+](=O)[O-])c1. The van der Waals surface area contributed by atoms with Crippen LogP contribution < -0.4 is 10.3 Å². The molecule has 2 aromatic carbocycles. The van der Waals surface area contributed by atoms with Crippen molar-refractivity contribution in [2.24, 2.45) is 5.10 Å². The summed E-state index contributed by atoms with van der Waals surface area (Å²) in [5.74, 6) is -0.241. The zero-order valence-corrected chi connectivity index (χ0v) is 15.6. The van der Waals surface area contributed by atoms with Gasteiger partial charge in [0, 0.05) is 23.9 Å². The molecule has 0 radical (unpaired) electrons. The predicted octanol–water partition coefficient (Wildman–Crippen LogP) is 3.54. The van der Waals surface area contributed by atoms with E-state index in [0.29, 0.717) is 11.3 Å². The number of nitrogens with one attached hydrogen (secondary N) is 1. The molecular weight excluding hydrogens is 368 g/mol. The molecule has 140 valence electrons. The van der Waals surface area contributed by atoms with E-state index in [-0.39, 0.29) is 23.2 Å². The van der Waals surface area contributed by atoms with Crippen molar-refractivity contribution in [1.29, 1.82) is 0 Å².